The van der Waals surface area contributed by atoms with Crippen LogP contribution in [-0.4, -0.2) is 39.6 Å². The van der Waals surface area contributed by atoms with E-state index < -0.39 is 0 Å². The van der Waals surface area contributed by atoms with Crippen molar-refractivity contribution in [3.63, 3.8) is 0 Å². The maximum atomic E-state index is 12.6. The number of hydrogen-bond acceptors (Lipinski definition) is 3. The lowest BCUT2D eigenvalue weighted by atomic mass is 10.0. The Morgan fingerprint density at radius 1 is 1.58 bits per heavy atom. The average Bonchev–Trinajstić information content (AvgIpc) is 2.75. The van der Waals surface area contributed by atoms with Crippen molar-refractivity contribution in [2.45, 2.75) is 32.2 Å². The highest BCUT2D eigenvalue weighted by Gasteiger charge is 2.36. The highest BCUT2D eigenvalue weighted by atomic mass is 16.2. The van der Waals surface area contributed by atoms with Crippen LogP contribution >= 0.6 is 0 Å². The molecule has 2 heterocycles. The van der Waals surface area contributed by atoms with Gasteiger partial charge >= 0.3 is 0 Å². The van der Waals surface area contributed by atoms with Crippen LogP contribution in [0.15, 0.2) is 18.5 Å². The monoisotopic (exact) mass is 258 g/mol. The lowest BCUT2D eigenvalue weighted by Gasteiger charge is -2.31. The predicted octanol–water partition coefficient (Wildman–Crippen LogP) is 1.44. The highest BCUT2D eigenvalue weighted by Crippen LogP contribution is 2.30. The number of carbonyl (C=O) groups excluding carboxylic acids is 1. The quantitative estimate of drug-likeness (QED) is 0.775. The summed E-state index contributed by atoms with van der Waals surface area (Å²) in [5.41, 5.74) is 1.03. The van der Waals surface area contributed by atoms with Crippen LogP contribution in [0.3, 0.4) is 0 Å². The molecule has 1 fully saturated rings. The Kier molecular flexibility index (Phi) is 3.87. The van der Waals surface area contributed by atoms with Crippen molar-refractivity contribution < 1.29 is 9.90 Å². The molecule has 0 unspecified atom stereocenters. The average molecular weight is 258 g/mol. The summed E-state index contributed by atoms with van der Waals surface area (Å²) in [6, 6.07) is 1.69. The van der Waals surface area contributed by atoms with E-state index in [1.165, 1.54) is 0 Å². The normalized spacial score (nSPS) is 16.9. The molecular weight excluding hydrogens is 240 g/mol. The zero-order chi connectivity index (χ0) is 13.9. The molecule has 1 amide bonds. The predicted molar refractivity (Wildman–Crippen MR) is 72.6 cm³/mol. The van der Waals surface area contributed by atoms with E-state index in [0.29, 0.717) is 11.1 Å². The van der Waals surface area contributed by atoms with Gasteiger partial charge in [-0.25, -0.2) is 0 Å². The smallest absolute Gasteiger partial charge is 0.255 e. The Labute approximate surface area is 113 Å². The molecule has 4 nitrogen and oxygen atoms in total. The van der Waals surface area contributed by atoms with Crippen molar-refractivity contribution >= 4 is 5.91 Å². The minimum absolute atomic E-state index is 0.00728. The number of nitrogens with zero attached hydrogens (tertiary/aromatic N) is 2. The van der Waals surface area contributed by atoms with Gasteiger partial charge in [0.25, 0.3) is 5.91 Å². The van der Waals surface area contributed by atoms with Gasteiger partial charge in [0.1, 0.15) is 6.61 Å². The molecule has 0 atom stereocenters. The third kappa shape index (κ3) is 2.77. The third-order valence-corrected chi connectivity index (χ3v) is 3.50. The molecule has 0 aliphatic carbocycles. The summed E-state index contributed by atoms with van der Waals surface area (Å²) in [5.74, 6) is 5.34. The molecule has 0 spiro atoms. The Hall–Kier alpha value is -1.86. The van der Waals surface area contributed by atoms with E-state index >= 15 is 0 Å². The molecule has 4 heteroatoms. The molecule has 0 aromatic carbocycles. The number of likely N-dealkylation sites (tertiary alicyclic amines) is 1. The van der Waals surface area contributed by atoms with Crippen LogP contribution in [0.1, 0.15) is 42.6 Å². The van der Waals surface area contributed by atoms with E-state index in [1.54, 1.807) is 18.5 Å². The van der Waals surface area contributed by atoms with Gasteiger partial charge in [-0.1, -0.05) is 11.8 Å². The lowest BCUT2D eigenvalue weighted by molar-refractivity contribution is 0.0651. The fraction of sp³-hybridized carbons (Fsp3) is 0.467. The van der Waals surface area contributed by atoms with Gasteiger partial charge in [0.05, 0.1) is 11.1 Å². The van der Waals surface area contributed by atoms with E-state index in [9.17, 15) is 4.79 Å². The fourth-order valence-corrected chi connectivity index (χ4v) is 2.44. The SMILES string of the molecule is CC1(C)CCCN1C(=O)c1ccncc1C#CCO. The minimum atomic E-state index is -0.224. The van der Waals surface area contributed by atoms with Crippen LogP contribution in [0.2, 0.25) is 0 Å². The lowest BCUT2D eigenvalue weighted by Crippen LogP contribution is -2.42. The van der Waals surface area contributed by atoms with Crippen molar-refractivity contribution in [1.82, 2.24) is 9.88 Å². The van der Waals surface area contributed by atoms with Crippen LogP contribution in [0.4, 0.5) is 0 Å². The maximum absolute atomic E-state index is 12.6. The zero-order valence-electron chi connectivity index (χ0n) is 11.3. The topological polar surface area (TPSA) is 53.4 Å². The number of rotatable bonds is 1. The summed E-state index contributed by atoms with van der Waals surface area (Å²) in [6.45, 7) is 4.72. The van der Waals surface area contributed by atoms with Crippen LogP contribution in [0.5, 0.6) is 0 Å². The van der Waals surface area contributed by atoms with E-state index in [4.69, 9.17) is 5.11 Å². The van der Waals surface area contributed by atoms with Gasteiger partial charge in [-0.05, 0) is 32.8 Å². The summed E-state index contributed by atoms with van der Waals surface area (Å²) in [5, 5.41) is 8.76. The fourth-order valence-electron chi connectivity index (χ4n) is 2.44. The summed E-state index contributed by atoms with van der Waals surface area (Å²) >= 11 is 0. The number of amides is 1. The van der Waals surface area contributed by atoms with Gasteiger partial charge in [0, 0.05) is 24.5 Å². The first-order chi connectivity index (χ1) is 9.06. The van der Waals surface area contributed by atoms with Crippen molar-refractivity contribution in [2.24, 2.45) is 0 Å². The first-order valence-corrected chi connectivity index (χ1v) is 6.42. The van der Waals surface area contributed by atoms with Crippen LogP contribution in [0.25, 0.3) is 0 Å². The molecule has 1 aromatic heterocycles. The molecule has 1 aromatic rings. The Bertz CT molecular complexity index is 541. The second-order valence-corrected chi connectivity index (χ2v) is 5.25. The Morgan fingerprint density at radius 2 is 2.37 bits per heavy atom. The molecule has 100 valence electrons. The second kappa shape index (κ2) is 5.41. The third-order valence-electron chi connectivity index (χ3n) is 3.50. The van der Waals surface area contributed by atoms with Crippen molar-refractivity contribution in [1.29, 1.82) is 0 Å². The zero-order valence-corrected chi connectivity index (χ0v) is 11.3. The highest BCUT2D eigenvalue weighted by molar-refractivity contribution is 5.97. The molecule has 1 saturated heterocycles. The molecule has 19 heavy (non-hydrogen) atoms. The van der Waals surface area contributed by atoms with Crippen LogP contribution < -0.4 is 0 Å². The summed E-state index contributed by atoms with van der Waals surface area (Å²) in [6.07, 6.45) is 5.21. The Morgan fingerprint density at radius 3 is 3.00 bits per heavy atom. The Balaban J connectivity index is 2.34. The molecule has 1 aliphatic heterocycles. The number of hydrogen-bond donors (Lipinski definition) is 1. The first kappa shape index (κ1) is 13.6. The summed E-state index contributed by atoms with van der Waals surface area (Å²) in [4.78, 5) is 18.5. The summed E-state index contributed by atoms with van der Waals surface area (Å²) < 4.78 is 0. The molecule has 1 N–H and O–H groups in total. The second-order valence-electron chi connectivity index (χ2n) is 5.25. The number of aromatic nitrogens is 1. The van der Waals surface area contributed by atoms with E-state index in [0.717, 1.165) is 19.4 Å². The largest absolute Gasteiger partial charge is 0.384 e. The minimum Gasteiger partial charge on any atom is -0.384 e. The first-order valence-electron chi connectivity index (χ1n) is 6.42. The van der Waals surface area contributed by atoms with Gasteiger partial charge in [-0.3, -0.25) is 9.78 Å². The van der Waals surface area contributed by atoms with Crippen molar-refractivity contribution in [3.8, 4) is 11.8 Å². The summed E-state index contributed by atoms with van der Waals surface area (Å²) in [7, 11) is 0. The number of aliphatic hydroxyl groups excluding tert-OH is 1. The van der Waals surface area contributed by atoms with E-state index in [1.807, 2.05) is 4.90 Å². The van der Waals surface area contributed by atoms with Crippen molar-refractivity contribution in [2.75, 3.05) is 13.2 Å². The molecule has 0 saturated carbocycles. The van der Waals surface area contributed by atoms with Crippen LogP contribution in [-0.2, 0) is 0 Å². The van der Waals surface area contributed by atoms with Crippen molar-refractivity contribution in [3.05, 3.63) is 29.6 Å². The molecule has 0 radical (unpaired) electrons. The molecule has 1 aliphatic rings. The van der Waals surface area contributed by atoms with E-state index in [-0.39, 0.29) is 18.1 Å². The van der Waals surface area contributed by atoms with Gasteiger partial charge in [-0.15, -0.1) is 0 Å². The molecular formula is C15H18N2O2. The number of pyridine rings is 1. The van der Waals surface area contributed by atoms with E-state index in [2.05, 4.69) is 30.7 Å². The van der Waals surface area contributed by atoms with Gasteiger partial charge in [-0.2, -0.15) is 0 Å². The maximum Gasteiger partial charge on any atom is 0.255 e. The van der Waals surface area contributed by atoms with Gasteiger partial charge in [0.15, 0.2) is 0 Å². The standard InChI is InChI=1S/C15H18N2O2/c1-15(2)7-4-9-17(15)14(19)13-6-8-16-11-12(13)5-3-10-18/h6,8,11,18H,4,7,9-10H2,1-2H3. The van der Waals surface area contributed by atoms with Gasteiger partial charge < -0.3 is 10.0 Å². The molecule has 2 rings (SSSR count). The number of carbonyl (C=O) groups is 1. The molecule has 0 bridgehead atoms. The van der Waals surface area contributed by atoms with Gasteiger partial charge in [0.2, 0.25) is 0 Å². The van der Waals surface area contributed by atoms with Crippen LogP contribution in [0, 0.1) is 11.8 Å². The number of aliphatic hydroxyl groups is 1.